The quantitative estimate of drug-likeness (QED) is 0.591. The Labute approximate surface area is 109 Å². The summed E-state index contributed by atoms with van der Waals surface area (Å²) in [6, 6.07) is 0. The van der Waals surface area contributed by atoms with Crippen LogP contribution in [0.2, 0.25) is 0 Å². The minimum atomic E-state index is -0.424. The van der Waals surface area contributed by atoms with Gasteiger partial charge in [0, 0.05) is 11.8 Å². The maximum atomic E-state index is 9.88. The number of hydrogen-bond donors (Lipinski definition) is 2. The van der Waals surface area contributed by atoms with Crippen LogP contribution in [0.5, 0.6) is 0 Å². The summed E-state index contributed by atoms with van der Waals surface area (Å²) in [6.07, 6.45) is 12.0. The standard InChI is InChI=1S/C16H22O2/c1-2-3-4-7-14(17)8-10-16-9-5-6-13(16)11-15(18)12-16/h5,8-10,13-15,17-18H,4,6-7,11-12H2,1H3/b10-8+/t13?,14-,15?,16?/m0/s1. The lowest BCUT2D eigenvalue weighted by Crippen LogP contribution is -2.17. The molecule has 3 unspecified atom stereocenters. The highest BCUT2D eigenvalue weighted by Crippen LogP contribution is 2.51. The average Bonchev–Trinajstić information content (AvgIpc) is 2.83. The molecule has 2 aliphatic carbocycles. The summed E-state index contributed by atoms with van der Waals surface area (Å²) >= 11 is 0. The minimum Gasteiger partial charge on any atom is -0.393 e. The smallest absolute Gasteiger partial charge is 0.0730 e. The summed E-state index contributed by atoms with van der Waals surface area (Å²) in [5.74, 6) is 6.31. The molecule has 0 amide bonds. The van der Waals surface area contributed by atoms with Gasteiger partial charge < -0.3 is 10.2 Å². The fraction of sp³-hybridized carbons (Fsp3) is 0.625. The van der Waals surface area contributed by atoms with Crippen LogP contribution in [0.25, 0.3) is 0 Å². The number of rotatable bonds is 4. The van der Waals surface area contributed by atoms with Gasteiger partial charge in [0.25, 0.3) is 0 Å². The first-order valence-corrected chi connectivity index (χ1v) is 6.79. The molecule has 2 aliphatic rings. The van der Waals surface area contributed by atoms with Gasteiger partial charge in [0.2, 0.25) is 0 Å². The molecule has 0 saturated heterocycles. The van der Waals surface area contributed by atoms with Gasteiger partial charge in [0.1, 0.15) is 0 Å². The molecule has 0 heterocycles. The molecule has 2 rings (SSSR count). The molecule has 2 nitrogen and oxygen atoms in total. The molecule has 0 bridgehead atoms. The second-order valence-electron chi connectivity index (χ2n) is 5.43. The van der Waals surface area contributed by atoms with E-state index >= 15 is 0 Å². The lowest BCUT2D eigenvalue weighted by Gasteiger charge is -2.24. The maximum absolute atomic E-state index is 9.88. The first-order chi connectivity index (χ1) is 8.66. The van der Waals surface area contributed by atoms with Gasteiger partial charge in [0.05, 0.1) is 12.2 Å². The largest absolute Gasteiger partial charge is 0.393 e. The first kappa shape index (κ1) is 13.4. The fourth-order valence-electron chi connectivity index (χ4n) is 3.17. The molecule has 0 aliphatic heterocycles. The van der Waals surface area contributed by atoms with Crippen LogP contribution in [0.15, 0.2) is 24.3 Å². The van der Waals surface area contributed by atoms with E-state index < -0.39 is 6.10 Å². The topological polar surface area (TPSA) is 40.5 Å². The van der Waals surface area contributed by atoms with E-state index in [4.69, 9.17) is 0 Å². The van der Waals surface area contributed by atoms with Crippen LogP contribution in [-0.4, -0.2) is 22.4 Å². The second-order valence-corrected chi connectivity index (χ2v) is 5.43. The van der Waals surface area contributed by atoms with Gasteiger partial charge in [-0.05, 0) is 38.5 Å². The third-order valence-electron chi connectivity index (χ3n) is 4.13. The third kappa shape index (κ3) is 2.85. The minimum absolute atomic E-state index is 0.00314. The van der Waals surface area contributed by atoms with Gasteiger partial charge in [0.15, 0.2) is 0 Å². The average molecular weight is 246 g/mol. The molecule has 98 valence electrons. The molecule has 4 atom stereocenters. The Hall–Kier alpha value is -1.04. The van der Waals surface area contributed by atoms with Crippen LogP contribution in [0, 0.1) is 23.2 Å². The molecule has 0 spiro atoms. The molecule has 2 N–H and O–H groups in total. The SMILES string of the molecule is CC#CCC[C@H](O)/C=C/C12C=CCC1CC(O)C2. The zero-order valence-corrected chi connectivity index (χ0v) is 11.0. The Morgan fingerprint density at radius 2 is 2.39 bits per heavy atom. The van der Waals surface area contributed by atoms with Gasteiger partial charge in [-0.25, -0.2) is 0 Å². The van der Waals surface area contributed by atoms with Crippen molar-refractivity contribution in [1.82, 2.24) is 0 Å². The number of aliphatic hydroxyl groups is 2. The lowest BCUT2D eigenvalue weighted by molar-refractivity contribution is 0.173. The summed E-state index contributed by atoms with van der Waals surface area (Å²) in [6.45, 7) is 1.81. The lowest BCUT2D eigenvalue weighted by atomic mass is 9.80. The van der Waals surface area contributed by atoms with Crippen LogP contribution < -0.4 is 0 Å². The molecule has 18 heavy (non-hydrogen) atoms. The van der Waals surface area contributed by atoms with Crippen molar-refractivity contribution < 1.29 is 10.2 Å². The van der Waals surface area contributed by atoms with Crippen molar-refractivity contribution in [1.29, 1.82) is 0 Å². The summed E-state index contributed by atoms with van der Waals surface area (Å²) in [5.41, 5.74) is -0.00314. The van der Waals surface area contributed by atoms with Crippen LogP contribution in [-0.2, 0) is 0 Å². The molecule has 0 radical (unpaired) electrons. The zero-order valence-electron chi connectivity index (χ0n) is 11.0. The van der Waals surface area contributed by atoms with Crippen molar-refractivity contribution in [2.75, 3.05) is 0 Å². The second kappa shape index (κ2) is 5.73. The number of aliphatic hydroxyl groups excluding tert-OH is 2. The molecule has 1 saturated carbocycles. The van der Waals surface area contributed by atoms with Gasteiger partial charge >= 0.3 is 0 Å². The van der Waals surface area contributed by atoms with Gasteiger partial charge in [-0.15, -0.1) is 11.8 Å². The van der Waals surface area contributed by atoms with E-state index in [1.54, 1.807) is 0 Å². The van der Waals surface area contributed by atoms with E-state index in [1.807, 2.05) is 13.0 Å². The van der Waals surface area contributed by atoms with E-state index in [2.05, 4.69) is 30.1 Å². The van der Waals surface area contributed by atoms with Gasteiger partial charge in [-0.2, -0.15) is 0 Å². The Balaban J connectivity index is 1.94. The van der Waals surface area contributed by atoms with Crippen LogP contribution >= 0.6 is 0 Å². The highest BCUT2D eigenvalue weighted by Gasteiger charge is 2.45. The molecular formula is C16H22O2. The first-order valence-electron chi connectivity index (χ1n) is 6.79. The van der Waals surface area contributed by atoms with Crippen molar-refractivity contribution in [2.24, 2.45) is 11.3 Å². The summed E-state index contributed by atoms with van der Waals surface area (Å²) in [5, 5.41) is 19.7. The van der Waals surface area contributed by atoms with Crippen LogP contribution in [0.4, 0.5) is 0 Å². The Morgan fingerprint density at radius 1 is 1.56 bits per heavy atom. The molecule has 1 fully saturated rings. The van der Waals surface area contributed by atoms with Crippen molar-refractivity contribution in [3.8, 4) is 11.8 Å². The maximum Gasteiger partial charge on any atom is 0.0730 e. The zero-order chi connectivity index (χ0) is 13.0. The van der Waals surface area contributed by atoms with Crippen LogP contribution in [0.1, 0.15) is 39.0 Å². The molecule has 2 heteroatoms. The van der Waals surface area contributed by atoms with E-state index in [0.29, 0.717) is 12.3 Å². The normalized spacial score (nSPS) is 35.5. The van der Waals surface area contributed by atoms with Gasteiger partial charge in [-0.3, -0.25) is 0 Å². The van der Waals surface area contributed by atoms with Crippen molar-refractivity contribution in [3.63, 3.8) is 0 Å². The van der Waals surface area contributed by atoms with E-state index in [9.17, 15) is 10.2 Å². The molecule has 0 aromatic rings. The summed E-state index contributed by atoms with van der Waals surface area (Å²) in [7, 11) is 0. The molecule has 0 aromatic heterocycles. The number of fused-ring (bicyclic) bond motifs is 1. The predicted octanol–water partition coefficient (Wildman–Crippen LogP) is 2.42. The van der Waals surface area contributed by atoms with Crippen LogP contribution in [0.3, 0.4) is 0 Å². The Bertz CT molecular complexity index is 399. The number of hydrogen-bond acceptors (Lipinski definition) is 2. The molecular weight excluding hydrogens is 224 g/mol. The summed E-state index contributed by atoms with van der Waals surface area (Å²) in [4.78, 5) is 0. The molecule has 0 aromatic carbocycles. The van der Waals surface area contributed by atoms with E-state index in [0.717, 1.165) is 25.7 Å². The van der Waals surface area contributed by atoms with Gasteiger partial charge in [-0.1, -0.05) is 24.3 Å². The number of allylic oxidation sites excluding steroid dienone is 3. The van der Waals surface area contributed by atoms with Crippen molar-refractivity contribution in [3.05, 3.63) is 24.3 Å². The monoisotopic (exact) mass is 246 g/mol. The van der Waals surface area contributed by atoms with E-state index in [-0.39, 0.29) is 11.5 Å². The van der Waals surface area contributed by atoms with Crippen molar-refractivity contribution in [2.45, 2.75) is 51.2 Å². The predicted molar refractivity (Wildman–Crippen MR) is 72.8 cm³/mol. The Kier molecular flexibility index (Phi) is 4.27. The van der Waals surface area contributed by atoms with E-state index in [1.165, 1.54) is 0 Å². The Morgan fingerprint density at radius 3 is 3.17 bits per heavy atom. The summed E-state index contributed by atoms with van der Waals surface area (Å²) < 4.78 is 0. The fourth-order valence-corrected chi connectivity index (χ4v) is 3.17. The van der Waals surface area contributed by atoms with Crippen molar-refractivity contribution >= 4 is 0 Å². The third-order valence-corrected chi connectivity index (χ3v) is 4.13. The highest BCUT2D eigenvalue weighted by atomic mass is 16.3. The highest BCUT2D eigenvalue weighted by molar-refractivity contribution is 5.24.